The molecular weight excluding hydrogens is 250 g/mol. The maximum Gasteiger partial charge on any atom is 0.334 e. The second-order valence-electron chi connectivity index (χ2n) is 4.85. The normalized spacial score (nSPS) is 23.4. The van der Waals surface area contributed by atoms with Crippen LogP contribution in [0.4, 0.5) is 0 Å². The highest BCUT2D eigenvalue weighted by Crippen LogP contribution is 2.19. The molecule has 1 aromatic rings. The summed E-state index contributed by atoms with van der Waals surface area (Å²) in [6, 6.07) is 1.78. The van der Waals surface area contributed by atoms with Gasteiger partial charge in [0.2, 0.25) is 0 Å². The predicted molar refractivity (Wildman–Crippen MR) is 66.1 cm³/mol. The van der Waals surface area contributed by atoms with Gasteiger partial charge in [-0.15, -0.1) is 0 Å². The van der Waals surface area contributed by atoms with E-state index in [0.29, 0.717) is 12.3 Å². The fourth-order valence-corrected chi connectivity index (χ4v) is 2.25. The molecule has 1 unspecified atom stereocenters. The van der Waals surface area contributed by atoms with Gasteiger partial charge < -0.3 is 19.2 Å². The summed E-state index contributed by atoms with van der Waals surface area (Å²) < 4.78 is 10.7. The zero-order valence-electron chi connectivity index (χ0n) is 11.2. The van der Waals surface area contributed by atoms with Crippen molar-refractivity contribution in [3.05, 3.63) is 23.2 Å². The third-order valence-corrected chi connectivity index (χ3v) is 3.06. The van der Waals surface area contributed by atoms with Crippen molar-refractivity contribution in [1.29, 1.82) is 0 Å². The number of aliphatic carboxylic acids is 1. The average molecular weight is 267 g/mol. The van der Waals surface area contributed by atoms with E-state index in [-0.39, 0.29) is 24.3 Å². The smallest absolute Gasteiger partial charge is 0.334 e. The second-order valence-corrected chi connectivity index (χ2v) is 4.85. The number of carbonyl (C=O) groups is 2. The summed E-state index contributed by atoms with van der Waals surface area (Å²) in [5.74, 6) is -0.406. The first-order valence-electron chi connectivity index (χ1n) is 6.13. The molecule has 1 amide bonds. The number of carboxylic acids is 1. The third kappa shape index (κ3) is 2.78. The number of rotatable bonds is 2. The molecule has 104 valence electrons. The monoisotopic (exact) mass is 267 g/mol. The molecule has 0 radical (unpaired) electrons. The summed E-state index contributed by atoms with van der Waals surface area (Å²) in [5, 5.41) is 9.00. The van der Waals surface area contributed by atoms with E-state index in [9.17, 15) is 9.59 Å². The van der Waals surface area contributed by atoms with Crippen LogP contribution in [0, 0.1) is 13.8 Å². The molecular formula is C13H17NO5. The highest BCUT2D eigenvalue weighted by molar-refractivity contribution is 5.93. The molecule has 1 N–H and O–H groups in total. The van der Waals surface area contributed by atoms with Crippen LogP contribution in [0.1, 0.15) is 28.8 Å². The Hall–Kier alpha value is -1.82. The minimum atomic E-state index is -1.06. The summed E-state index contributed by atoms with van der Waals surface area (Å²) >= 11 is 0. The van der Waals surface area contributed by atoms with Crippen molar-refractivity contribution >= 4 is 11.9 Å². The molecule has 0 spiro atoms. The Morgan fingerprint density at radius 3 is 2.58 bits per heavy atom. The van der Waals surface area contributed by atoms with Crippen molar-refractivity contribution in [1.82, 2.24) is 4.90 Å². The molecule has 1 aromatic heterocycles. The number of carbonyl (C=O) groups excluding carboxylic acids is 1. The molecule has 6 nitrogen and oxygen atoms in total. The summed E-state index contributed by atoms with van der Waals surface area (Å²) in [7, 11) is 0. The van der Waals surface area contributed by atoms with Crippen LogP contribution < -0.4 is 0 Å². The van der Waals surface area contributed by atoms with Crippen LogP contribution in [-0.2, 0) is 9.53 Å². The Morgan fingerprint density at radius 1 is 1.37 bits per heavy atom. The van der Waals surface area contributed by atoms with E-state index in [1.807, 2.05) is 0 Å². The lowest BCUT2D eigenvalue weighted by atomic mass is 10.2. The van der Waals surface area contributed by atoms with Gasteiger partial charge in [-0.1, -0.05) is 0 Å². The summed E-state index contributed by atoms with van der Waals surface area (Å²) in [6.07, 6.45) is -1.29. The minimum Gasteiger partial charge on any atom is -0.479 e. The number of carboxylic acid groups (broad SMARTS) is 1. The van der Waals surface area contributed by atoms with Gasteiger partial charge in [0, 0.05) is 12.1 Å². The van der Waals surface area contributed by atoms with E-state index in [2.05, 4.69) is 0 Å². The zero-order valence-corrected chi connectivity index (χ0v) is 11.2. The van der Waals surface area contributed by atoms with Crippen molar-refractivity contribution < 1.29 is 23.8 Å². The van der Waals surface area contributed by atoms with Crippen molar-refractivity contribution in [3.8, 4) is 0 Å². The van der Waals surface area contributed by atoms with Gasteiger partial charge in [0.15, 0.2) is 11.9 Å². The predicted octanol–water partition coefficient (Wildman–Crippen LogP) is 1.21. The van der Waals surface area contributed by atoms with Crippen LogP contribution in [0.15, 0.2) is 10.5 Å². The summed E-state index contributed by atoms with van der Waals surface area (Å²) in [4.78, 5) is 24.8. The number of hydrogen-bond acceptors (Lipinski definition) is 4. The first-order chi connectivity index (χ1) is 8.88. The maximum absolute atomic E-state index is 12.3. The van der Waals surface area contributed by atoms with E-state index in [4.69, 9.17) is 14.3 Å². The van der Waals surface area contributed by atoms with Crippen LogP contribution in [0.5, 0.6) is 0 Å². The molecule has 0 saturated carbocycles. The molecule has 0 aliphatic carbocycles. The molecule has 6 heteroatoms. The molecule has 1 fully saturated rings. The van der Waals surface area contributed by atoms with Gasteiger partial charge in [0.25, 0.3) is 5.91 Å². The molecule has 0 aromatic carbocycles. The van der Waals surface area contributed by atoms with E-state index < -0.39 is 12.1 Å². The van der Waals surface area contributed by atoms with Crippen LogP contribution in [0.2, 0.25) is 0 Å². The largest absolute Gasteiger partial charge is 0.479 e. The quantitative estimate of drug-likeness (QED) is 0.871. The molecule has 2 rings (SSSR count). The summed E-state index contributed by atoms with van der Waals surface area (Å²) in [6.45, 7) is 5.71. The number of aryl methyl sites for hydroxylation is 2. The van der Waals surface area contributed by atoms with Crippen molar-refractivity contribution in [2.24, 2.45) is 0 Å². The standard InChI is InChI=1S/C13H17NO5/c1-7-4-8(2)19-11(7)12(15)14-5-9(3)18-10(6-14)13(16)17/h4,9-10H,5-6H2,1-3H3,(H,16,17)/t9-,10?/m1/s1. The third-order valence-electron chi connectivity index (χ3n) is 3.06. The van der Waals surface area contributed by atoms with Crippen molar-refractivity contribution in [2.45, 2.75) is 33.0 Å². The number of morpholine rings is 1. The highest BCUT2D eigenvalue weighted by atomic mass is 16.5. The highest BCUT2D eigenvalue weighted by Gasteiger charge is 2.34. The van der Waals surface area contributed by atoms with E-state index in [1.165, 1.54) is 4.90 Å². The summed E-state index contributed by atoms with van der Waals surface area (Å²) in [5.41, 5.74) is 0.758. The Kier molecular flexibility index (Phi) is 3.61. The average Bonchev–Trinajstić information content (AvgIpc) is 2.66. The number of ether oxygens (including phenoxy) is 1. The fraction of sp³-hybridized carbons (Fsp3) is 0.538. The topological polar surface area (TPSA) is 80.0 Å². The fourth-order valence-electron chi connectivity index (χ4n) is 2.25. The molecule has 0 bridgehead atoms. The molecule has 19 heavy (non-hydrogen) atoms. The first-order valence-corrected chi connectivity index (χ1v) is 6.13. The van der Waals surface area contributed by atoms with Crippen molar-refractivity contribution in [3.63, 3.8) is 0 Å². The van der Waals surface area contributed by atoms with Crippen LogP contribution in [-0.4, -0.2) is 47.2 Å². The maximum atomic E-state index is 12.3. The molecule has 2 heterocycles. The molecule has 1 aliphatic rings. The van der Waals surface area contributed by atoms with Gasteiger partial charge >= 0.3 is 5.97 Å². The minimum absolute atomic E-state index is 0.0394. The lowest BCUT2D eigenvalue weighted by Gasteiger charge is -2.34. The van der Waals surface area contributed by atoms with Gasteiger partial charge in [-0.25, -0.2) is 4.79 Å². The lowest BCUT2D eigenvalue weighted by molar-refractivity contribution is -0.160. The Morgan fingerprint density at radius 2 is 2.05 bits per heavy atom. The van der Waals surface area contributed by atoms with E-state index in [0.717, 1.165) is 5.56 Å². The molecule has 2 atom stereocenters. The number of hydrogen-bond donors (Lipinski definition) is 1. The van der Waals surface area contributed by atoms with Gasteiger partial charge in [-0.2, -0.15) is 0 Å². The SMILES string of the molecule is Cc1cc(C)c(C(=O)N2CC(C(=O)O)O[C@H](C)C2)o1. The molecule has 1 saturated heterocycles. The lowest BCUT2D eigenvalue weighted by Crippen LogP contribution is -2.51. The zero-order chi connectivity index (χ0) is 14.2. The van der Waals surface area contributed by atoms with Crippen LogP contribution in [0.25, 0.3) is 0 Å². The number of amides is 1. The second kappa shape index (κ2) is 5.05. The molecule has 1 aliphatic heterocycles. The number of nitrogens with zero attached hydrogens (tertiary/aromatic N) is 1. The number of furan rings is 1. The van der Waals surface area contributed by atoms with Gasteiger partial charge in [0.05, 0.1) is 12.6 Å². The van der Waals surface area contributed by atoms with Gasteiger partial charge in [-0.3, -0.25) is 4.79 Å². The van der Waals surface area contributed by atoms with Crippen LogP contribution in [0.3, 0.4) is 0 Å². The van der Waals surface area contributed by atoms with Gasteiger partial charge in [0.1, 0.15) is 5.76 Å². The first kappa shape index (κ1) is 13.6. The Bertz CT molecular complexity index is 507. The van der Waals surface area contributed by atoms with E-state index in [1.54, 1.807) is 26.8 Å². The van der Waals surface area contributed by atoms with Gasteiger partial charge in [-0.05, 0) is 26.8 Å². The van der Waals surface area contributed by atoms with Crippen molar-refractivity contribution in [2.75, 3.05) is 13.1 Å². The Balaban J connectivity index is 2.18. The van der Waals surface area contributed by atoms with E-state index >= 15 is 0 Å². The Labute approximate surface area is 110 Å². The van der Waals surface area contributed by atoms with Crippen LogP contribution >= 0.6 is 0 Å².